The third kappa shape index (κ3) is 3.15. The molecule has 1 heterocycles. The van der Waals surface area contributed by atoms with Crippen molar-refractivity contribution < 1.29 is 9.59 Å². The minimum Gasteiger partial charge on any atom is -0.345 e. The monoisotopic (exact) mass is 292 g/mol. The summed E-state index contributed by atoms with van der Waals surface area (Å²) < 4.78 is 0. The van der Waals surface area contributed by atoms with E-state index >= 15 is 0 Å². The van der Waals surface area contributed by atoms with Gasteiger partial charge < -0.3 is 10.2 Å². The van der Waals surface area contributed by atoms with Gasteiger partial charge in [0.1, 0.15) is 6.04 Å². The number of hydrogen-bond donors (Lipinski definition) is 1. The highest BCUT2D eigenvalue weighted by molar-refractivity contribution is 7.98. The van der Waals surface area contributed by atoms with E-state index in [1.807, 2.05) is 43.5 Å². The molecule has 108 valence electrons. The van der Waals surface area contributed by atoms with Crippen LogP contribution in [0.15, 0.2) is 30.3 Å². The van der Waals surface area contributed by atoms with E-state index in [9.17, 15) is 9.59 Å². The van der Waals surface area contributed by atoms with Crippen LogP contribution in [0.4, 0.5) is 0 Å². The molecule has 1 aromatic carbocycles. The Morgan fingerprint density at radius 3 is 2.70 bits per heavy atom. The van der Waals surface area contributed by atoms with Gasteiger partial charge in [-0.2, -0.15) is 11.8 Å². The van der Waals surface area contributed by atoms with Crippen LogP contribution in [-0.2, 0) is 9.59 Å². The summed E-state index contributed by atoms with van der Waals surface area (Å²) in [6.07, 6.45) is 2.94. The number of nitrogens with one attached hydrogen (secondary N) is 1. The van der Waals surface area contributed by atoms with Gasteiger partial charge in [0.2, 0.25) is 11.8 Å². The van der Waals surface area contributed by atoms with Crippen molar-refractivity contribution >= 4 is 23.6 Å². The molecule has 2 amide bonds. The minimum absolute atomic E-state index is 0.00736. The second-order valence-electron chi connectivity index (χ2n) is 4.96. The Morgan fingerprint density at radius 2 is 2.05 bits per heavy atom. The van der Waals surface area contributed by atoms with Crippen LogP contribution >= 0.6 is 11.8 Å². The van der Waals surface area contributed by atoms with Gasteiger partial charge in [-0.3, -0.25) is 9.59 Å². The normalized spacial score (nSPS) is 20.7. The van der Waals surface area contributed by atoms with Crippen molar-refractivity contribution in [3.05, 3.63) is 35.9 Å². The highest BCUT2D eigenvalue weighted by atomic mass is 32.2. The second-order valence-corrected chi connectivity index (χ2v) is 5.95. The lowest BCUT2D eigenvalue weighted by atomic mass is 9.99. The number of hydrogen-bond acceptors (Lipinski definition) is 3. The summed E-state index contributed by atoms with van der Waals surface area (Å²) in [7, 11) is 0. The zero-order valence-electron chi connectivity index (χ0n) is 11.8. The Labute approximate surface area is 123 Å². The standard InChI is InChI=1S/C15H20N2O2S/c1-11(8-9-20-2)17-13(18)10-16-15(19)14(17)12-6-4-3-5-7-12/h3-7,11,14H,8-10H2,1-2H3,(H,16,19). The highest BCUT2D eigenvalue weighted by Gasteiger charge is 2.37. The third-order valence-corrected chi connectivity index (χ3v) is 4.20. The lowest BCUT2D eigenvalue weighted by Crippen LogP contribution is -2.56. The van der Waals surface area contributed by atoms with Crippen LogP contribution in [0.25, 0.3) is 0 Å². The molecule has 1 saturated heterocycles. The number of nitrogens with zero attached hydrogens (tertiary/aromatic N) is 1. The molecule has 1 fully saturated rings. The fraction of sp³-hybridized carbons (Fsp3) is 0.467. The third-order valence-electron chi connectivity index (χ3n) is 3.56. The summed E-state index contributed by atoms with van der Waals surface area (Å²) in [5, 5.41) is 2.69. The molecule has 1 aliphatic heterocycles. The van der Waals surface area contributed by atoms with Gasteiger partial charge >= 0.3 is 0 Å². The van der Waals surface area contributed by atoms with Crippen molar-refractivity contribution in [3.8, 4) is 0 Å². The number of thioether (sulfide) groups is 1. The van der Waals surface area contributed by atoms with Crippen LogP contribution in [0.5, 0.6) is 0 Å². The Kier molecular flexibility index (Phi) is 5.06. The summed E-state index contributed by atoms with van der Waals surface area (Å²) in [6.45, 7) is 2.12. The molecule has 0 spiro atoms. The van der Waals surface area contributed by atoms with Gasteiger partial charge in [-0.25, -0.2) is 0 Å². The summed E-state index contributed by atoms with van der Waals surface area (Å²) in [6, 6.07) is 9.06. The summed E-state index contributed by atoms with van der Waals surface area (Å²) in [4.78, 5) is 26.2. The first-order valence-electron chi connectivity index (χ1n) is 6.78. The fourth-order valence-electron chi connectivity index (χ4n) is 2.50. The smallest absolute Gasteiger partial charge is 0.247 e. The predicted octanol–water partition coefficient (Wildman–Crippen LogP) is 1.83. The molecule has 0 radical (unpaired) electrons. The zero-order chi connectivity index (χ0) is 14.5. The van der Waals surface area contributed by atoms with Gasteiger partial charge in [-0.1, -0.05) is 30.3 Å². The Balaban J connectivity index is 2.27. The Bertz CT molecular complexity index is 478. The molecule has 5 heteroatoms. The lowest BCUT2D eigenvalue weighted by molar-refractivity contribution is -0.148. The molecule has 1 aromatic rings. The maximum Gasteiger partial charge on any atom is 0.247 e. The van der Waals surface area contributed by atoms with E-state index in [0.717, 1.165) is 17.7 Å². The van der Waals surface area contributed by atoms with Gasteiger partial charge in [-0.05, 0) is 30.9 Å². The van der Waals surface area contributed by atoms with Crippen molar-refractivity contribution in [1.29, 1.82) is 0 Å². The van der Waals surface area contributed by atoms with Crippen molar-refractivity contribution in [2.45, 2.75) is 25.4 Å². The topological polar surface area (TPSA) is 49.4 Å². The van der Waals surface area contributed by atoms with Crippen LogP contribution < -0.4 is 5.32 Å². The first-order valence-corrected chi connectivity index (χ1v) is 8.17. The van der Waals surface area contributed by atoms with Crippen LogP contribution in [0.3, 0.4) is 0 Å². The molecular formula is C15H20N2O2S. The van der Waals surface area contributed by atoms with Crippen molar-refractivity contribution in [3.63, 3.8) is 0 Å². The summed E-state index contributed by atoms with van der Waals surface area (Å²) in [5.41, 5.74) is 0.869. The second kappa shape index (κ2) is 6.79. The fourth-order valence-corrected chi connectivity index (χ4v) is 3.07. The van der Waals surface area contributed by atoms with Crippen LogP contribution in [-0.4, -0.2) is 41.3 Å². The van der Waals surface area contributed by atoms with Crippen molar-refractivity contribution in [1.82, 2.24) is 10.2 Å². The van der Waals surface area contributed by atoms with Crippen molar-refractivity contribution in [2.24, 2.45) is 0 Å². The largest absolute Gasteiger partial charge is 0.345 e. The van der Waals surface area contributed by atoms with E-state index in [-0.39, 0.29) is 24.4 Å². The predicted molar refractivity (Wildman–Crippen MR) is 81.5 cm³/mol. The van der Waals surface area contributed by atoms with Gasteiger partial charge in [0.15, 0.2) is 0 Å². The van der Waals surface area contributed by atoms with E-state index in [2.05, 4.69) is 5.32 Å². The lowest BCUT2D eigenvalue weighted by Gasteiger charge is -2.39. The van der Waals surface area contributed by atoms with E-state index in [4.69, 9.17) is 0 Å². The highest BCUT2D eigenvalue weighted by Crippen LogP contribution is 2.27. The first kappa shape index (κ1) is 14.9. The van der Waals surface area contributed by atoms with Gasteiger partial charge in [-0.15, -0.1) is 0 Å². The maximum absolute atomic E-state index is 12.2. The van der Waals surface area contributed by atoms with E-state index in [0.29, 0.717) is 0 Å². The number of rotatable bonds is 5. The maximum atomic E-state index is 12.2. The Hall–Kier alpha value is -1.49. The Morgan fingerprint density at radius 1 is 1.35 bits per heavy atom. The molecule has 2 rings (SSSR count). The van der Waals surface area contributed by atoms with E-state index in [1.165, 1.54) is 0 Å². The van der Waals surface area contributed by atoms with Gasteiger partial charge in [0, 0.05) is 6.04 Å². The van der Waals surface area contributed by atoms with Crippen LogP contribution in [0.2, 0.25) is 0 Å². The number of piperazine rings is 1. The number of carbonyl (C=O) groups excluding carboxylic acids is 2. The van der Waals surface area contributed by atoms with Gasteiger partial charge in [0.05, 0.1) is 6.54 Å². The molecule has 0 aliphatic carbocycles. The van der Waals surface area contributed by atoms with E-state index < -0.39 is 6.04 Å². The molecule has 0 bridgehead atoms. The number of carbonyl (C=O) groups is 2. The summed E-state index contributed by atoms with van der Waals surface area (Å²) in [5.74, 6) is 0.882. The molecule has 1 N–H and O–H groups in total. The summed E-state index contributed by atoms with van der Waals surface area (Å²) >= 11 is 1.75. The molecule has 2 unspecified atom stereocenters. The zero-order valence-corrected chi connectivity index (χ0v) is 12.7. The average molecular weight is 292 g/mol. The quantitative estimate of drug-likeness (QED) is 0.900. The van der Waals surface area contributed by atoms with Crippen molar-refractivity contribution in [2.75, 3.05) is 18.6 Å². The van der Waals surface area contributed by atoms with Gasteiger partial charge in [0.25, 0.3) is 0 Å². The molecule has 1 aliphatic rings. The number of amides is 2. The molecule has 4 nitrogen and oxygen atoms in total. The van der Waals surface area contributed by atoms with Crippen LogP contribution in [0, 0.1) is 0 Å². The van der Waals surface area contributed by atoms with E-state index in [1.54, 1.807) is 16.7 Å². The number of benzene rings is 1. The molecule has 2 atom stereocenters. The first-order chi connectivity index (χ1) is 9.65. The molecule has 0 saturated carbocycles. The van der Waals surface area contributed by atoms with Crippen LogP contribution in [0.1, 0.15) is 24.9 Å². The average Bonchev–Trinajstić information content (AvgIpc) is 2.47. The molecular weight excluding hydrogens is 272 g/mol. The minimum atomic E-state index is -0.505. The molecule has 20 heavy (non-hydrogen) atoms. The SMILES string of the molecule is CSCCC(C)N1C(=O)CNC(=O)C1c1ccccc1. The molecule has 0 aromatic heterocycles.